The van der Waals surface area contributed by atoms with Crippen molar-refractivity contribution >= 4 is 30.1 Å². The summed E-state index contributed by atoms with van der Waals surface area (Å²) < 4.78 is 39.4. The molecule has 0 unspecified atom stereocenters. The van der Waals surface area contributed by atoms with Crippen LogP contribution in [0.15, 0.2) is 118 Å². The minimum atomic E-state index is -2.49. The van der Waals surface area contributed by atoms with Crippen LogP contribution in [0.5, 0.6) is 0 Å². The molecule has 4 nitrogen and oxygen atoms in total. The Balaban J connectivity index is 1.95. The van der Waals surface area contributed by atoms with Gasteiger partial charge in [0.15, 0.2) is 0 Å². The molecule has 4 aromatic rings. The molecule has 4 aromatic carbocycles. The van der Waals surface area contributed by atoms with E-state index in [1.807, 2.05) is 105 Å². The van der Waals surface area contributed by atoms with Crippen LogP contribution in [-0.2, 0) is 26.2 Å². The summed E-state index contributed by atoms with van der Waals surface area (Å²) in [6.07, 6.45) is -0.545. The summed E-state index contributed by atoms with van der Waals surface area (Å²) in [5.41, 5.74) is 5.01. The minimum absolute atomic E-state index is 0.318. The standard InChI is InChI=1S/C37H47NO3S2Si/c1-26(2)44(27(3)4,28(5)6)41-37(34-16-12-13-17-35(34)42(39)32-22-18-29(7)19-23-32)36(31-14-10-9-11-15-31)38-43(40)33-24-20-30(8)21-25-33/h9-28,36-38H,1-8H3/t36-,37+,42+,43+/m1/s1. The number of hydrogen-bond acceptors (Lipinski definition) is 3. The Hall–Kier alpha value is -2.68. The maximum absolute atomic E-state index is 14.3. The van der Waals surface area contributed by atoms with E-state index in [-0.39, 0.29) is 0 Å². The normalized spacial score (nSPS) is 15.0. The number of aryl methyl sites for hydroxylation is 2. The van der Waals surface area contributed by atoms with Gasteiger partial charge in [-0.05, 0) is 71.9 Å². The SMILES string of the molecule is Cc1ccc([S@](=O)c2ccccc2[C@H](O[Si](C(C)C)(C(C)C)C(C)C)[C@H](N[S@@](=O)c2ccc(C)cc2)c2ccccc2)cc1. The smallest absolute Gasteiger partial charge is 0.201 e. The largest absolute Gasteiger partial charge is 0.407 e. The Labute approximate surface area is 270 Å². The van der Waals surface area contributed by atoms with E-state index in [9.17, 15) is 8.42 Å². The first-order valence-corrected chi connectivity index (χ1v) is 19.9. The van der Waals surface area contributed by atoms with E-state index in [4.69, 9.17) is 4.43 Å². The topological polar surface area (TPSA) is 55.4 Å². The van der Waals surface area contributed by atoms with Crippen molar-refractivity contribution < 1.29 is 12.8 Å². The molecule has 0 radical (unpaired) electrons. The lowest BCUT2D eigenvalue weighted by Crippen LogP contribution is -2.50. The summed E-state index contributed by atoms with van der Waals surface area (Å²) in [4.78, 5) is 2.16. The Morgan fingerprint density at radius 1 is 0.614 bits per heavy atom. The Morgan fingerprint density at radius 3 is 1.61 bits per heavy atom. The lowest BCUT2D eigenvalue weighted by molar-refractivity contribution is 0.139. The zero-order valence-corrected chi connectivity index (χ0v) is 29.9. The summed E-state index contributed by atoms with van der Waals surface area (Å²) in [5, 5.41) is 0. The van der Waals surface area contributed by atoms with Crippen LogP contribution in [0.4, 0.5) is 0 Å². The van der Waals surface area contributed by atoms with Crippen LogP contribution >= 0.6 is 0 Å². The Bertz CT molecular complexity index is 1530. The number of nitrogens with one attached hydrogen (secondary N) is 1. The van der Waals surface area contributed by atoms with Crippen molar-refractivity contribution in [3.8, 4) is 0 Å². The molecule has 4 rings (SSSR count). The number of rotatable bonds is 13. The van der Waals surface area contributed by atoms with Crippen molar-refractivity contribution in [1.29, 1.82) is 0 Å². The van der Waals surface area contributed by atoms with Gasteiger partial charge in [-0.1, -0.05) is 125 Å². The molecule has 0 amide bonds. The van der Waals surface area contributed by atoms with E-state index in [0.717, 1.165) is 27.1 Å². The van der Waals surface area contributed by atoms with Gasteiger partial charge in [0.25, 0.3) is 0 Å². The summed E-state index contributed by atoms with van der Waals surface area (Å²) in [7, 11) is -5.45. The van der Waals surface area contributed by atoms with Gasteiger partial charge in [-0.25, -0.2) is 13.1 Å². The van der Waals surface area contributed by atoms with Crippen LogP contribution in [0.1, 0.15) is 75.9 Å². The summed E-state index contributed by atoms with van der Waals surface area (Å²) in [5.74, 6) is 0. The zero-order valence-electron chi connectivity index (χ0n) is 27.2. The first-order chi connectivity index (χ1) is 21.0. The third-order valence-corrected chi connectivity index (χ3v) is 17.3. The summed E-state index contributed by atoms with van der Waals surface area (Å²) in [6, 6.07) is 33.2. The number of hydrogen-bond donors (Lipinski definition) is 1. The highest BCUT2D eigenvalue weighted by Crippen LogP contribution is 2.48. The molecule has 0 aromatic heterocycles. The van der Waals surface area contributed by atoms with Crippen LogP contribution in [0, 0.1) is 13.8 Å². The van der Waals surface area contributed by atoms with Gasteiger partial charge in [0.2, 0.25) is 8.32 Å². The molecule has 0 saturated heterocycles. The molecular formula is C37H47NO3S2Si. The lowest BCUT2D eigenvalue weighted by Gasteiger charge is -2.46. The van der Waals surface area contributed by atoms with Gasteiger partial charge < -0.3 is 4.43 Å². The summed E-state index contributed by atoms with van der Waals surface area (Å²) in [6.45, 7) is 17.7. The van der Waals surface area contributed by atoms with Crippen LogP contribution in [0.25, 0.3) is 0 Å². The second kappa shape index (κ2) is 15.1. The third-order valence-electron chi connectivity index (χ3n) is 8.63. The van der Waals surface area contributed by atoms with Gasteiger partial charge >= 0.3 is 0 Å². The fourth-order valence-electron chi connectivity index (χ4n) is 6.42. The lowest BCUT2D eigenvalue weighted by atomic mass is 9.96. The molecule has 0 aliphatic rings. The number of benzene rings is 4. The van der Waals surface area contributed by atoms with Gasteiger partial charge in [-0.2, -0.15) is 0 Å². The fourth-order valence-corrected chi connectivity index (χ4v) is 14.2. The average molecular weight is 646 g/mol. The van der Waals surface area contributed by atoms with Crippen molar-refractivity contribution in [2.75, 3.05) is 0 Å². The molecule has 1 N–H and O–H groups in total. The van der Waals surface area contributed by atoms with Crippen LogP contribution < -0.4 is 4.72 Å². The van der Waals surface area contributed by atoms with Gasteiger partial charge in [0.05, 0.1) is 27.8 Å². The van der Waals surface area contributed by atoms with Gasteiger partial charge in [0, 0.05) is 9.79 Å². The first-order valence-electron chi connectivity index (χ1n) is 15.5. The second-order valence-electron chi connectivity index (χ2n) is 12.6. The summed E-state index contributed by atoms with van der Waals surface area (Å²) >= 11 is 0. The van der Waals surface area contributed by atoms with Gasteiger partial charge in [-0.3, -0.25) is 0 Å². The average Bonchev–Trinajstić information content (AvgIpc) is 3.01. The quantitative estimate of drug-likeness (QED) is 0.147. The molecule has 0 fully saturated rings. The van der Waals surface area contributed by atoms with Crippen LogP contribution in [-0.4, -0.2) is 16.7 Å². The highest BCUT2D eigenvalue weighted by atomic mass is 32.2. The van der Waals surface area contributed by atoms with Crippen molar-refractivity contribution in [3.63, 3.8) is 0 Å². The first kappa shape index (κ1) is 34.2. The Kier molecular flexibility index (Phi) is 11.7. The van der Waals surface area contributed by atoms with Crippen LogP contribution in [0.3, 0.4) is 0 Å². The van der Waals surface area contributed by atoms with Crippen molar-refractivity contribution in [1.82, 2.24) is 4.72 Å². The van der Waals surface area contributed by atoms with Crippen molar-refractivity contribution in [2.45, 2.75) is 98.8 Å². The molecule has 234 valence electrons. The maximum Gasteiger partial charge on any atom is 0.201 e. The van der Waals surface area contributed by atoms with Gasteiger partial charge in [-0.15, -0.1) is 0 Å². The van der Waals surface area contributed by atoms with Crippen molar-refractivity contribution in [3.05, 3.63) is 125 Å². The molecular weight excluding hydrogens is 599 g/mol. The molecule has 0 saturated carbocycles. The molecule has 0 heterocycles. The highest BCUT2D eigenvalue weighted by Gasteiger charge is 2.48. The maximum atomic E-state index is 14.3. The predicted molar refractivity (Wildman–Crippen MR) is 187 cm³/mol. The van der Waals surface area contributed by atoms with E-state index in [2.05, 4.69) is 58.4 Å². The molecule has 0 spiro atoms. The van der Waals surface area contributed by atoms with E-state index in [1.54, 1.807) is 0 Å². The van der Waals surface area contributed by atoms with E-state index >= 15 is 0 Å². The van der Waals surface area contributed by atoms with E-state index in [0.29, 0.717) is 26.4 Å². The van der Waals surface area contributed by atoms with Crippen molar-refractivity contribution in [2.24, 2.45) is 0 Å². The highest BCUT2D eigenvalue weighted by molar-refractivity contribution is 7.85. The molecule has 0 aliphatic heterocycles. The third kappa shape index (κ3) is 7.57. The Morgan fingerprint density at radius 2 is 1.09 bits per heavy atom. The van der Waals surface area contributed by atoms with Gasteiger partial charge in [0.1, 0.15) is 11.0 Å². The molecule has 4 atom stereocenters. The predicted octanol–water partition coefficient (Wildman–Crippen LogP) is 9.76. The second-order valence-corrected chi connectivity index (χ2v) is 20.7. The monoisotopic (exact) mass is 645 g/mol. The van der Waals surface area contributed by atoms with Crippen LogP contribution in [0.2, 0.25) is 16.6 Å². The van der Waals surface area contributed by atoms with E-state index < -0.39 is 42.2 Å². The zero-order chi connectivity index (χ0) is 32.0. The molecule has 0 aliphatic carbocycles. The van der Waals surface area contributed by atoms with E-state index in [1.165, 1.54) is 0 Å². The molecule has 44 heavy (non-hydrogen) atoms. The fraction of sp³-hybridized carbons (Fsp3) is 0.351. The molecule has 7 heteroatoms. The molecule has 0 bridgehead atoms. The minimum Gasteiger partial charge on any atom is -0.407 e.